The average molecular weight is 258 g/mol. The van der Waals surface area contributed by atoms with E-state index in [1.54, 1.807) is 12.3 Å². The summed E-state index contributed by atoms with van der Waals surface area (Å²) >= 11 is 5.67. The van der Waals surface area contributed by atoms with Gasteiger partial charge in [-0.25, -0.2) is 4.98 Å². The van der Waals surface area contributed by atoms with Gasteiger partial charge < -0.3 is 4.74 Å². The molecular formula is C12H20ClN3O. The van der Waals surface area contributed by atoms with Crippen molar-refractivity contribution >= 4 is 11.6 Å². The van der Waals surface area contributed by atoms with Crippen LogP contribution in [0.3, 0.4) is 0 Å². The number of nitrogens with zero attached hydrogens (tertiary/aromatic N) is 3. The van der Waals surface area contributed by atoms with Crippen molar-refractivity contribution in [2.75, 3.05) is 13.2 Å². The molecule has 0 radical (unpaired) electrons. The fourth-order valence-corrected chi connectivity index (χ4v) is 1.91. The zero-order chi connectivity index (χ0) is 12.8. The van der Waals surface area contributed by atoms with E-state index in [4.69, 9.17) is 16.3 Å². The van der Waals surface area contributed by atoms with Crippen LogP contribution < -0.4 is 4.74 Å². The van der Waals surface area contributed by atoms with Crippen molar-refractivity contribution in [2.45, 2.75) is 39.8 Å². The minimum absolute atomic E-state index is 0.215. The van der Waals surface area contributed by atoms with Crippen LogP contribution >= 0.6 is 11.6 Å². The number of hydrogen-bond donors (Lipinski definition) is 0. The maximum absolute atomic E-state index is 5.67. The third-order valence-electron chi connectivity index (χ3n) is 2.53. The molecule has 17 heavy (non-hydrogen) atoms. The summed E-state index contributed by atoms with van der Waals surface area (Å²) in [6.45, 7) is 10.2. The van der Waals surface area contributed by atoms with Crippen molar-refractivity contribution in [3.63, 3.8) is 0 Å². The molecule has 0 fully saturated rings. The molecule has 0 aliphatic rings. The summed E-state index contributed by atoms with van der Waals surface area (Å²) < 4.78 is 5.54. The van der Waals surface area contributed by atoms with Gasteiger partial charge in [-0.3, -0.25) is 4.90 Å². The molecule has 0 saturated heterocycles. The normalized spacial score (nSPS) is 11.5. The van der Waals surface area contributed by atoms with Gasteiger partial charge in [0.2, 0.25) is 11.2 Å². The highest BCUT2D eigenvalue weighted by molar-refractivity contribution is 6.28. The van der Waals surface area contributed by atoms with E-state index in [9.17, 15) is 0 Å². The first kappa shape index (κ1) is 14.2. The van der Waals surface area contributed by atoms with E-state index >= 15 is 0 Å². The molecular weight excluding hydrogens is 238 g/mol. The minimum Gasteiger partial charge on any atom is -0.476 e. The lowest BCUT2D eigenvalue weighted by Crippen LogP contribution is -2.39. The van der Waals surface area contributed by atoms with Crippen LogP contribution in [0.25, 0.3) is 0 Å². The van der Waals surface area contributed by atoms with Gasteiger partial charge in [0.25, 0.3) is 0 Å². The molecule has 0 aliphatic carbocycles. The smallest absolute Gasteiger partial charge is 0.225 e. The highest BCUT2D eigenvalue weighted by Crippen LogP contribution is 2.09. The lowest BCUT2D eigenvalue weighted by atomic mass is 10.2. The van der Waals surface area contributed by atoms with Crippen LogP contribution in [0, 0.1) is 0 Å². The van der Waals surface area contributed by atoms with Crippen LogP contribution in [0.1, 0.15) is 27.7 Å². The number of aromatic nitrogens is 2. The van der Waals surface area contributed by atoms with Gasteiger partial charge in [0.1, 0.15) is 6.61 Å². The molecule has 0 aliphatic heterocycles. The standard InChI is InChI=1S/C12H20ClN3O/c1-9(2)16(10(3)4)7-8-17-11-5-6-14-12(13)15-11/h5-6,9-10H,7-8H2,1-4H3. The molecule has 4 nitrogen and oxygen atoms in total. The summed E-state index contributed by atoms with van der Waals surface area (Å²) in [4.78, 5) is 10.1. The van der Waals surface area contributed by atoms with Crippen molar-refractivity contribution < 1.29 is 4.74 Å². The average Bonchev–Trinajstić information content (AvgIpc) is 2.23. The Labute approximate surface area is 108 Å². The summed E-state index contributed by atoms with van der Waals surface area (Å²) in [7, 11) is 0. The summed E-state index contributed by atoms with van der Waals surface area (Å²) in [5, 5.41) is 0.215. The third-order valence-corrected chi connectivity index (χ3v) is 2.71. The van der Waals surface area contributed by atoms with Crippen molar-refractivity contribution in [1.82, 2.24) is 14.9 Å². The van der Waals surface area contributed by atoms with E-state index in [-0.39, 0.29) is 5.28 Å². The lowest BCUT2D eigenvalue weighted by molar-refractivity contribution is 0.140. The molecule has 1 heterocycles. The van der Waals surface area contributed by atoms with Crippen LogP contribution in [-0.4, -0.2) is 40.1 Å². The van der Waals surface area contributed by atoms with Crippen LogP contribution in [0.2, 0.25) is 5.28 Å². The van der Waals surface area contributed by atoms with Gasteiger partial charge in [-0.15, -0.1) is 0 Å². The molecule has 0 aromatic carbocycles. The van der Waals surface area contributed by atoms with Crippen molar-refractivity contribution in [3.8, 4) is 5.88 Å². The lowest BCUT2D eigenvalue weighted by Gasteiger charge is -2.30. The highest BCUT2D eigenvalue weighted by atomic mass is 35.5. The fraction of sp³-hybridized carbons (Fsp3) is 0.667. The Morgan fingerprint density at radius 3 is 2.47 bits per heavy atom. The Morgan fingerprint density at radius 1 is 1.29 bits per heavy atom. The van der Waals surface area contributed by atoms with E-state index in [0.717, 1.165) is 6.54 Å². The van der Waals surface area contributed by atoms with Crippen LogP contribution in [0.5, 0.6) is 5.88 Å². The Kier molecular flexibility index (Phi) is 5.65. The van der Waals surface area contributed by atoms with Crippen LogP contribution in [-0.2, 0) is 0 Å². The SMILES string of the molecule is CC(C)N(CCOc1ccnc(Cl)n1)C(C)C. The molecule has 1 aromatic rings. The predicted octanol–water partition coefficient (Wildman–Crippen LogP) is 2.63. The van der Waals surface area contributed by atoms with Gasteiger partial charge in [-0.1, -0.05) is 0 Å². The fourth-order valence-electron chi connectivity index (χ4n) is 1.77. The Hall–Kier alpha value is -0.870. The van der Waals surface area contributed by atoms with Gasteiger partial charge in [0.05, 0.1) is 0 Å². The molecule has 5 heteroatoms. The predicted molar refractivity (Wildman–Crippen MR) is 69.5 cm³/mol. The topological polar surface area (TPSA) is 38.2 Å². The second kappa shape index (κ2) is 6.77. The summed E-state index contributed by atoms with van der Waals surface area (Å²) in [5.74, 6) is 0.525. The van der Waals surface area contributed by atoms with Gasteiger partial charge in [0.15, 0.2) is 0 Å². The molecule has 1 rings (SSSR count). The third kappa shape index (κ3) is 4.88. The second-order valence-electron chi connectivity index (χ2n) is 4.44. The molecule has 0 amide bonds. The summed E-state index contributed by atoms with van der Waals surface area (Å²) in [6, 6.07) is 2.72. The van der Waals surface area contributed by atoms with Gasteiger partial charge in [-0.05, 0) is 39.3 Å². The van der Waals surface area contributed by atoms with Crippen LogP contribution in [0.15, 0.2) is 12.3 Å². The molecule has 96 valence electrons. The Balaban J connectivity index is 2.41. The van der Waals surface area contributed by atoms with E-state index in [1.165, 1.54) is 0 Å². The van der Waals surface area contributed by atoms with E-state index < -0.39 is 0 Å². The number of ether oxygens (including phenoxy) is 1. The first-order valence-electron chi connectivity index (χ1n) is 5.87. The molecule has 0 saturated carbocycles. The van der Waals surface area contributed by atoms with Crippen molar-refractivity contribution in [3.05, 3.63) is 17.5 Å². The molecule has 0 bridgehead atoms. The number of hydrogen-bond acceptors (Lipinski definition) is 4. The number of halogens is 1. The van der Waals surface area contributed by atoms with Crippen LogP contribution in [0.4, 0.5) is 0 Å². The molecule has 0 spiro atoms. The second-order valence-corrected chi connectivity index (χ2v) is 4.78. The van der Waals surface area contributed by atoms with E-state index in [2.05, 4.69) is 42.6 Å². The monoisotopic (exact) mass is 257 g/mol. The molecule has 0 N–H and O–H groups in total. The van der Waals surface area contributed by atoms with Gasteiger partial charge >= 0.3 is 0 Å². The maximum atomic E-state index is 5.67. The molecule has 1 aromatic heterocycles. The van der Waals surface area contributed by atoms with Crippen molar-refractivity contribution in [1.29, 1.82) is 0 Å². The Bertz CT molecular complexity index is 336. The molecule has 0 unspecified atom stereocenters. The number of rotatable bonds is 6. The first-order chi connectivity index (χ1) is 8.00. The Morgan fingerprint density at radius 2 is 1.94 bits per heavy atom. The zero-order valence-corrected chi connectivity index (χ0v) is 11.6. The first-order valence-corrected chi connectivity index (χ1v) is 6.25. The largest absolute Gasteiger partial charge is 0.476 e. The van der Waals surface area contributed by atoms with Gasteiger partial charge in [0, 0.05) is 30.9 Å². The maximum Gasteiger partial charge on any atom is 0.225 e. The summed E-state index contributed by atoms with van der Waals surface area (Å²) in [6.07, 6.45) is 1.59. The highest BCUT2D eigenvalue weighted by Gasteiger charge is 2.12. The molecule has 0 atom stereocenters. The minimum atomic E-state index is 0.215. The zero-order valence-electron chi connectivity index (χ0n) is 10.9. The quantitative estimate of drug-likeness (QED) is 0.735. The van der Waals surface area contributed by atoms with E-state index in [0.29, 0.717) is 24.6 Å². The van der Waals surface area contributed by atoms with Crippen molar-refractivity contribution in [2.24, 2.45) is 0 Å². The van der Waals surface area contributed by atoms with Gasteiger partial charge in [-0.2, -0.15) is 4.98 Å². The van der Waals surface area contributed by atoms with E-state index in [1.807, 2.05) is 0 Å². The summed E-state index contributed by atoms with van der Waals surface area (Å²) in [5.41, 5.74) is 0.